The van der Waals surface area contributed by atoms with E-state index in [1.165, 1.54) is 25.9 Å². The maximum atomic E-state index is 4.44. The fraction of sp³-hybridized carbons (Fsp3) is 0.692. The Bertz CT molecular complexity index is 387. The Morgan fingerprint density at radius 1 is 1.39 bits per heavy atom. The molecule has 1 aromatic heterocycles. The lowest BCUT2D eigenvalue weighted by molar-refractivity contribution is 0.269. The molecule has 0 saturated carbocycles. The summed E-state index contributed by atoms with van der Waals surface area (Å²) in [5.41, 5.74) is 1.09. The number of likely N-dealkylation sites (tertiary alicyclic amines) is 1. The molecular weight excluding hydrogens is 226 g/mol. The summed E-state index contributed by atoms with van der Waals surface area (Å²) in [6.45, 7) is 7.69. The van der Waals surface area contributed by atoms with Crippen LogP contribution in [0.4, 0.5) is 11.8 Å². The van der Waals surface area contributed by atoms with E-state index in [9.17, 15) is 0 Å². The van der Waals surface area contributed by atoms with Crippen LogP contribution in [0.3, 0.4) is 0 Å². The number of nitrogens with zero attached hydrogens (tertiary/aromatic N) is 3. The molecule has 1 saturated heterocycles. The third-order valence-corrected chi connectivity index (χ3v) is 3.52. The average Bonchev–Trinajstić information content (AvgIpc) is 2.91. The summed E-state index contributed by atoms with van der Waals surface area (Å²) in [5.74, 6) is 1.59. The molecule has 1 fully saturated rings. The van der Waals surface area contributed by atoms with Gasteiger partial charge in [0.25, 0.3) is 0 Å². The molecule has 0 amide bonds. The van der Waals surface area contributed by atoms with Crippen LogP contribution < -0.4 is 10.6 Å². The summed E-state index contributed by atoms with van der Waals surface area (Å²) in [6.07, 6.45) is 4.52. The van der Waals surface area contributed by atoms with Crippen molar-refractivity contribution in [3.05, 3.63) is 11.8 Å². The van der Waals surface area contributed by atoms with Crippen molar-refractivity contribution in [2.75, 3.05) is 37.3 Å². The minimum Gasteiger partial charge on any atom is -0.368 e. The van der Waals surface area contributed by atoms with Crippen LogP contribution in [-0.4, -0.2) is 47.6 Å². The number of rotatable bonds is 5. The van der Waals surface area contributed by atoms with Gasteiger partial charge in [-0.3, -0.25) is 4.90 Å². The van der Waals surface area contributed by atoms with E-state index in [1.807, 2.05) is 20.2 Å². The number of aryl methyl sites for hydroxylation is 1. The molecule has 5 heteroatoms. The number of anilines is 2. The standard InChI is InChI=1S/C13H23N5/c1-10-8-16-13(14-3)17-12(10)15-9-11(2)18-6-4-5-7-18/h8,11H,4-7,9H2,1-3H3,(H2,14,15,16,17). The van der Waals surface area contributed by atoms with Gasteiger partial charge in [0.1, 0.15) is 5.82 Å². The quantitative estimate of drug-likeness (QED) is 0.832. The first-order chi connectivity index (χ1) is 8.70. The van der Waals surface area contributed by atoms with Crippen molar-refractivity contribution in [3.8, 4) is 0 Å². The van der Waals surface area contributed by atoms with Gasteiger partial charge < -0.3 is 10.6 Å². The third-order valence-electron chi connectivity index (χ3n) is 3.52. The number of nitrogens with one attached hydrogen (secondary N) is 2. The highest BCUT2D eigenvalue weighted by Crippen LogP contribution is 2.15. The summed E-state index contributed by atoms with van der Waals surface area (Å²) in [4.78, 5) is 11.2. The minimum atomic E-state index is 0.555. The van der Waals surface area contributed by atoms with Crippen LogP contribution in [0.15, 0.2) is 6.20 Å². The highest BCUT2D eigenvalue weighted by molar-refractivity contribution is 5.46. The summed E-state index contributed by atoms with van der Waals surface area (Å²) >= 11 is 0. The second-order valence-corrected chi connectivity index (χ2v) is 4.95. The van der Waals surface area contributed by atoms with Crippen molar-refractivity contribution < 1.29 is 0 Å². The average molecular weight is 249 g/mol. The van der Waals surface area contributed by atoms with E-state index in [2.05, 4.69) is 32.4 Å². The molecule has 5 nitrogen and oxygen atoms in total. The Hall–Kier alpha value is -1.36. The van der Waals surface area contributed by atoms with E-state index < -0.39 is 0 Å². The Kier molecular flexibility index (Phi) is 4.36. The Balaban J connectivity index is 1.92. The predicted octanol–water partition coefficient (Wildman–Crippen LogP) is 1.72. The highest BCUT2D eigenvalue weighted by Gasteiger charge is 2.17. The van der Waals surface area contributed by atoms with Crippen molar-refractivity contribution >= 4 is 11.8 Å². The zero-order chi connectivity index (χ0) is 13.0. The van der Waals surface area contributed by atoms with Gasteiger partial charge in [-0.25, -0.2) is 4.98 Å². The van der Waals surface area contributed by atoms with E-state index in [-0.39, 0.29) is 0 Å². The normalized spacial score (nSPS) is 17.7. The molecule has 0 aliphatic carbocycles. The molecule has 2 N–H and O–H groups in total. The van der Waals surface area contributed by atoms with Crippen LogP contribution in [0, 0.1) is 6.92 Å². The van der Waals surface area contributed by atoms with E-state index >= 15 is 0 Å². The Morgan fingerprint density at radius 3 is 2.78 bits per heavy atom. The molecule has 1 aliphatic rings. The van der Waals surface area contributed by atoms with Gasteiger partial charge in [0, 0.05) is 31.4 Å². The first kappa shape index (κ1) is 13.1. The summed E-state index contributed by atoms with van der Waals surface area (Å²) in [6, 6.07) is 0.555. The molecule has 0 aromatic carbocycles. The van der Waals surface area contributed by atoms with Gasteiger partial charge in [0.15, 0.2) is 0 Å². The molecule has 18 heavy (non-hydrogen) atoms. The zero-order valence-electron chi connectivity index (χ0n) is 11.5. The van der Waals surface area contributed by atoms with Gasteiger partial charge in [0.05, 0.1) is 0 Å². The molecule has 2 heterocycles. The fourth-order valence-corrected chi connectivity index (χ4v) is 2.30. The van der Waals surface area contributed by atoms with Crippen LogP contribution in [0.25, 0.3) is 0 Å². The molecule has 1 aliphatic heterocycles. The van der Waals surface area contributed by atoms with Gasteiger partial charge >= 0.3 is 0 Å². The van der Waals surface area contributed by atoms with Gasteiger partial charge in [-0.1, -0.05) is 0 Å². The second-order valence-electron chi connectivity index (χ2n) is 4.95. The maximum Gasteiger partial charge on any atom is 0.224 e. The smallest absolute Gasteiger partial charge is 0.224 e. The predicted molar refractivity (Wildman–Crippen MR) is 75.1 cm³/mol. The maximum absolute atomic E-state index is 4.44. The number of aromatic nitrogens is 2. The molecular formula is C13H23N5. The number of hydrogen-bond donors (Lipinski definition) is 2. The summed E-state index contributed by atoms with van der Waals surface area (Å²) < 4.78 is 0. The van der Waals surface area contributed by atoms with Crippen LogP contribution >= 0.6 is 0 Å². The SMILES string of the molecule is CNc1ncc(C)c(NCC(C)N2CCCC2)n1. The van der Waals surface area contributed by atoms with Crippen LogP contribution in [0.1, 0.15) is 25.3 Å². The lowest BCUT2D eigenvalue weighted by Crippen LogP contribution is -2.35. The van der Waals surface area contributed by atoms with Crippen molar-refractivity contribution in [1.29, 1.82) is 0 Å². The van der Waals surface area contributed by atoms with Gasteiger partial charge in [-0.05, 0) is 39.8 Å². The van der Waals surface area contributed by atoms with E-state index in [4.69, 9.17) is 0 Å². The molecule has 0 bridgehead atoms. The molecule has 1 aromatic rings. The Labute approximate surface area is 109 Å². The zero-order valence-corrected chi connectivity index (χ0v) is 11.5. The van der Waals surface area contributed by atoms with Gasteiger partial charge in [0.2, 0.25) is 5.95 Å². The molecule has 2 rings (SSSR count). The van der Waals surface area contributed by atoms with Crippen molar-refractivity contribution in [1.82, 2.24) is 14.9 Å². The first-order valence-electron chi connectivity index (χ1n) is 6.70. The second kappa shape index (κ2) is 6.00. The Morgan fingerprint density at radius 2 is 2.11 bits per heavy atom. The van der Waals surface area contributed by atoms with Crippen molar-refractivity contribution in [2.45, 2.75) is 32.7 Å². The van der Waals surface area contributed by atoms with Gasteiger partial charge in [-0.15, -0.1) is 0 Å². The summed E-state index contributed by atoms with van der Waals surface area (Å²) in [5, 5.41) is 6.40. The molecule has 1 atom stereocenters. The molecule has 1 unspecified atom stereocenters. The fourth-order valence-electron chi connectivity index (χ4n) is 2.30. The largest absolute Gasteiger partial charge is 0.368 e. The van der Waals surface area contributed by atoms with E-state index in [1.54, 1.807) is 0 Å². The van der Waals surface area contributed by atoms with Crippen LogP contribution in [-0.2, 0) is 0 Å². The highest BCUT2D eigenvalue weighted by atomic mass is 15.2. The first-order valence-corrected chi connectivity index (χ1v) is 6.70. The third kappa shape index (κ3) is 3.10. The minimum absolute atomic E-state index is 0.555. The van der Waals surface area contributed by atoms with E-state index in [0.29, 0.717) is 12.0 Å². The van der Waals surface area contributed by atoms with Crippen LogP contribution in [0.5, 0.6) is 0 Å². The molecule has 0 spiro atoms. The molecule has 0 radical (unpaired) electrons. The monoisotopic (exact) mass is 249 g/mol. The molecule has 100 valence electrons. The van der Waals surface area contributed by atoms with Crippen molar-refractivity contribution in [2.24, 2.45) is 0 Å². The lowest BCUT2D eigenvalue weighted by atomic mass is 10.3. The van der Waals surface area contributed by atoms with Crippen LogP contribution in [0.2, 0.25) is 0 Å². The topological polar surface area (TPSA) is 53.1 Å². The lowest BCUT2D eigenvalue weighted by Gasteiger charge is -2.24. The van der Waals surface area contributed by atoms with Crippen molar-refractivity contribution in [3.63, 3.8) is 0 Å². The van der Waals surface area contributed by atoms with E-state index in [0.717, 1.165) is 17.9 Å². The summed E-state index contributed by atoms with van der Waals surface area (Å²) in [7, 11) is 1.83. The van der Waals surface area contributed by atoms with Gasteiger partial charge in [-0.2, -0.15) is 4.98 Å². The number of hydrogen-bond acceptors (Lipinski definition) is 5.